The zero-order valence-corrected chi connectivity index (χ0v) is 22.8. The fourth-order valence-electron chi connectivity index (χ4n) is 7.16. The summed E-state index contributed by atoms with van der Waals surface area (Å²) < 4.78 is 22.6. The zero-order valence-electron chi connectivity index (χ0n) is 22.8. The van der Waals surface area contributed by atoms with E-state index < -0.39 is 0 Å². The van der Waals surface area contributed by atoms with Crippen molar-refractivity contribution < 1.29 is 18.9 Å². The van der Waals surface area contributed by atoms with Crippen LogP contribution < -0.4 is 24.3 Å². The number of nitrogens with one attached hydrogen (secondary N) is 1. The first kappa shape index (κ1) is 25.2. The van der Waals surface area contributed by atoms with Gasteiger partial charge in [0, 0.05) is 24.7 Å². The van der Waals surface area contributed by atoms with Crippen LogP contribution in [0.2, 0.25) is 0 Å². The third kappa shape index (κ3) is 4.22. The van der Waals surface area contributed by atoms with Gasteiger partial charge in [0.1, 0.15) is 0 Å². The van der Waals surface area contributed by atoms with Crippen molar-refractivity contribution >= 4 is 0 Å². The van der Waals surface area contributed by atoms with Crippen molar-refractivity contribution in [2.24, 2.45) is 11.8 Å². The van der Waals surface area contributed by atoms with E-state index in [1.165, 1.54) is 28.7 Å². The van der Waals surface area contributed by atoms with Crippen molar-refractivity contribution in [3.63, 3.8) is 0 Å². The van der Waals surface area contributed by atoms with Gasteiger partial charge in [-0.2, -0.15) is 0 Å². The third-order valence-corrected chi connectivity index (χ3v) is 9.19. The van der Waals surface area contributed by atoms with E-state index in [2.05, 4.69) is 48.3 Å². The van der Waals surface area contributed by atoms with Gasteiger partial charge < -0.3 is 24.3 Å². The van der Waals surface area contributed by atoms with E-state index in [0.29, 0.717) is 17.9 Å². The minimum atomic E-state index is -0.00142. The second-order valence-corrected chi connectivity index (χ2v) is 10.9. The molecule has 3 aliphatic rings. The lowest BCUT2D eigenvalue weighted by atomic mass is 9.66. The quantitative estimate of drug-likeness (QED) is 0.577. The SMILES string of the molecule is CC[C@H]1CN2CCc3cc(OC)c(OC)cc3[C@]2(C)C[C@@H]1C[C@H]1NCCc2cc(OC)c(OC)cc21. The summed E-state index contributed by atoms with van der Waals surface area (Å²) in [5.74, 6) is 4.61. The van der Waals surface area contributed by atoms with Gasteiger partial charge in [0.05, 0.1) is 28.4 Å². The highest BCUT2D eigenvalue weighted by Gasteiger charge is 2.47. The average Bonchev–Trinajstić information content (AvgIpc) is 2.91. The Kier molecular flexibility index (Phi) is 7.10. The van der Waals surface area contributed by atoms with Crippen LogP contribution in [0.15, 0.2) is 24.3 Å². The molecule has 3 heterocycles. The monoisotopic (exact) mass is 494 g/mol. The van der Waals surface area contributed by atoms with Crippen LogP contribution in [0.4, 0.5) is 0 Å². The molecule has 0 spiro atoms. The maximum absolute atomic E-state index is 5.72. The molecule has 2 aromatic rings. The lowest BCUT2D eigenvalue weighted by Crippen LogP contribution is -2.56. The van der Waals surface area contributed by atoms with Gasteiger partial charge >= 0.3 is 0 Å². The molecule has 0 amide bonds. The molecule has 1 fully saturated rings. The summed E-state index contributed by atoms with van der Waals surface area (Å²) in [7, 11) is 6.90. The minimum absolute atomic E-state index is 0.00142. The summed E-state index contributed by atoms with van der Waals surface area (Å²) in [6.07, 6.45) is 5.57. The smallest absolute Gasteiger partial charge is 0.161 e. The third-order valence-electron chi connectivity index (χ3n) is 9.19. The van der Waals surface area contributed by atoms with Crippen LogP contribution in [0.5, 0.6) is 23.0 Å². The Morgan fingerprint density at radius 2 is 1.50 bits per heavy atom. The second-order valence-electron chi connectivity index (χ2n) is 10.9. The molecule has 196 valence electrons. The van der Waals surface area contributed by atoms with Crippen molar-refractivity contribution in [2.45, 2.75) is 57.5 Å². The highest BCUT2D eigenvalue weighted by Crippen LogP contribution is 2.51. The fraction of sp³-hybridized carbons (Fsp3) is 0.600. The van der Waals surface area contributed by atoms with Crippen LogP contribution >= 0.6 is 0 Å². The molecule has 1 N–H and O–H groups in total. The first-order valence-electron chi connectivity index (χ1n) is 13.4. The van der Waals surface area contributed by atoms with Crippen molar-refractivity contribution in [1.29, 1.82) is 0 Å². The van der Waals surface area contributed by atoms with Gasteiger partial charge in [-0.25, -0.2) is 0 Å². The van der Waals surface area contributed by atoms with Crippen molar-refractivity contribution in [2.75, 3.05) is 48.1 Å². The molecule has 0 aliphatic carbocycles. The van der Waals surface area contributed by atoms with E-state index in [0.717, 1.165) is 68.3 Å². The molecule has 36 heavy (non-hydrogen) atoms. The van der Waals surface area contributed by atoms with Crippen LogP contribution in [0.1, 0.15) is 61.4 Å². The van der Waals surface area contributed by atoms with Gasteiger partial charge in [-0.3, -0.25) is 4.90 Å². The number of methoxy groups -OCH3 is 4. The summed E-state index contributed by atoms with van der Waals surface area (Å²) in [5, 5.41) is 3.85. The van der Waals surface area contributed by atoms with Gasteiger partial charge in [0.25, 0.3) is 0 Å². The number of hydrogen-bond donors (Lipinski definition) is 1. The number of hydrogen-bond acceptors (Lipinski definition) is 6. The molecule has 0 bridgehead atoms. The standard InChI is InChI=1S/C30H42N2O4/c1-7-19-18-32-11-9-21-14-27(34-4)29(36-6)16-24(21)30(32,2)17-22(19)12-25-23-15-28(35-5)26(33-3)13-20(23)8-10-31-25/h13-16,19,22,25,31H,7-12,17-18H2,1-6H3/t19-,22-,25+,30-/m0/s1. The molecule has 3 aliphatic heterocycles. The van der Waals surface area contributed by atoms with E-state index >= 15 is 0 Å². The van der Waals surface area contributed by atoms with Gasteiger partial charge in [0.15, 0.2) is 23.0 Å². The highest BCUT2D eigenvalue weighted by atomic mass is 16.5. The van der Waals surface area contributed by atoms with E-state index in [1.54, 1.807) is 28.4 Å². The Morgan fingerprint density at radius 3 is 2.17 bits per heavy atom. The Morgan fingerprint density at radius 1 is 0.861 bits per heavy atom. The highest BCUT2D eigenvalue weighted by molar-refractivity contribution is 5.51. The number of nitrogens with zero attached hydrogens (tertiary/aromatic N) is 1. The van der Waals surface area contributed by atoms with E-state index in [1.807, 2.05) is 0 Å². The number of piperidine rings is 1. The molecule has 2 aromatic carbocycles. The number of ether oxygens (including phenoxy) is 4. The summed E-state index contributed by atoms with van der Waals surface area (Å²) in [4.78, 5) is 2.74. The summed E-state index contributed by atoms with van der Waals surface area (Å²) in [6.45, 7) is 8.06. The fourth-order valence-corrected chi connectivity index (χ4v) is 7.16. The molecule has 1 saturated heterocycles. The number of benzene rings is 2. The minimum Gasteiger partial charge on any atom is -0.493 e. The van der Waals surface area contributed by atoms with Crippen LogP contribution in [0.25, 0.3) is 0 Å². The number of fused-ring (bicyclic) bond motifs is 4. The summed E-state index contributed by atoms with van der Waals surface area (Å²) in [6, 6.07) is 9.16. The molecule has 0 radical (unpaired) electrons. The molecular formula is C30H42N2O4. The molecule has 0 unspecified atom stereocenters. The van der Waals surface area contributed by atoms with Crippen LogP contribution in [-0.4, -0.2) is 53.0 Å². The number of rotatable bonds is 7. The first-order chi connectivity index (χ1) is 17.4. The molecule has 6 nitrogen and oxygen atoms in total. The van der Waals surface area contributed by atoms with Crippen LogP contribution in [0.3, 0.4) is 0 Å². The zero-order chi connectivity index (χ0) is 25.4. The average molecular weight is 495 g/mol. The predicted molar refractivity (Wildman–Crippen MR) is 143 cm³/mol. The van der Waals surface area contributed by atoms with E-state index in [4.69, 9.17) is 18.9 Å². The van der Waals surface area contributed by atoms with Crippen LogP contribution in [-0.2, 0) is 18.4 Å². The summed E-state index contributed by atoms with van der Waals surface area (Å²) >= 11 is 0. The van der Waals surface area contributed by atoms with E-state index in [9.17, 15) is 0 Å². The van der Waals surface area contributed by atoms with Crippen molar-refractivity contribution in [3.05, 3.63) is 46.5 Å². The Balaban J connectivity index is 1.47. The Bertz CT molecular complexity index is 1100. The molecule has 6 heteroatoms. The van der Waals surface area contributed by atoms with Crippen LogP contribution in [0, 0.1) is 11.8 Å². The maximum atomic E-state index is 5.72. The van der Waals surface area contributed by atoms with Gasteiger partial charge in [-0.15, -0.1) is 0 Å². The molecule has 0 aromatic heterocycles. The summed E-state index contributed by atoms with van der Waals surface area (Å²) in [5.41, 5.74) is 5.57. The predicted octanol–water partition coefficient (Wildman–Crippen LogP) is 5.12. The van der Waals surface area contributed by atoms with Crippen molar-refractivity contribution in [1.82, 2.24) is 10.2 Å². The normalized spacial score (nSPS) is 27.4. The maximum Gasteiger partial charge on any atom is 0.161 e. The van der Waals surface area contributed by atoms with E-state index in [-0.39, 0.29) is 5.54 Å². The molecule has 5 rings (SSSR count). The van der Waals surface area contributed by atoms with Gasteiger partial charge in [-0.1, -0.05) is 13.3 Å². The Hall–Kier alpha value is -2.44. The Labute approximate surface area is 216 Å². The topological polar surface area (TPSA) is 52.2 Å². The van der Waals surface area contributed by atoms with Gasteiger partial charge in [0.2, 0.25) is 0 Å². The molecule has 0 saturated carbocycles. The lowest BCUT2D eigenvalue weighted by Gasteiger charge is -2.55. The second kappa shape index (κ2) is 10.1. The molecule has 4 atom stereocenters. The largest absolute Gasteiger partial charge is 0.493 e. The van der Waals surface area contributed by atoms with Gasteiger partial charge in [-0.05, 0) is 97.5 Å². The molecular weight excluding hydrogens is 452 g/mol. The lowest BCUT2D eigenvalue weighted by molar-refractivity contribution is -0.0215. The van der Waals surface area contributed by atoms with Crippen molar-refractivity contribution in [3.8, 4) is 23.0 Å². The first-order valence-corrected chi connectivity index (χ1v) is 13.4.